The lowest BCUT2D eigenvalue weighted by atomic mass is 9.80. The highest BCUT2D eigenvalue weighted by Crippen LogP contribution is 2.12. The topological polar surface area (TPSA) is 67.5 Å². The minimum absolute atomic E-state index is 0.385. The zero-order valence-electron chi connectivity index (χ0n) is 11.7. The van der Waals surface area contributed by atoms with Crippen molar-refractivity contribution in [3.05, 3.63) is 42.5 Å². The summed E-state index contributed by atoms with van der Waals surface area (Å²) in [4.78, 5) is 4.32. The summed E-state index contributed by atoms with van der Waals surface area (Å²) in [5.74, 6) is 2.14. The summed E-state index contributed by atoms with van der Waals surface area (Å²) < 4.78 is 7.72. The Morgan fingerprint density at radius 1 is 1.25 bits per heavy atom. The second kappa shape index (κ2) is 6.59. The Morgan fingerprint density at radius 3 is 2.55 bits per heavy atom. The van der Waals surface area contributed by atoms with Crippen molar-refractivity contribution in [2.45, 2.75) is 26.3 Å². The molecule has 5 nitrogen and oxygen atoms in total. The van der Waals surface area contributed by atoms with Crippen LogP contribution >= 0.6 is 0 Å². The number of rotatable bonds is 6. The lowest BCUT2D eigenvalue weighted by molar-refractivity contribution is 0.295. The summed E-state index contributed by atoms with van der Waals surface area (Å²) in [5, 5.41) is 18.0. The molecule has 0 saturated carbocycles. The molecule has 0 aliphatic heterocycles. The average Bonchev–Trinajstić information content (AvgIpc) is 2.88. The van der Waals surface area contributed by atoms with Gasteiger partial charge in [0.05, 0.1) is 6.54 Å². The molecule has 20 heavy (non-hydrogen) atoms. The van der Waals surface area contributed by atoms with Gasteiger partial charge in [0, 0.05) is 18.3 Å². The molecule has 1 aromatic carbocycles. The Kier molecular flexibility index (Phi) is 4.81. The van der Waals surface area contributed by atoms with Gasteiger partial charge >= 0.3 is 7.12 Å². The molecular weight excluding hydrogens is 255 g/mol. The first-order valence-electron chi connectivity index (χ1n) is 6.68. The minimum Gasteiger partial charge on any atom is -0.492 e. The van der Waals surface area contributed by atoms with Gasteiger partial charge in [-0.1, -0.05) is 26.0 Å². The van der Waals surface area contributed by atoms with Crippen molar-refractivity contribution in [3.8, 4) is 5.75 Å². The molecule has 2 aromatic rings. The number of nitrogens with zero attached hydrogens (tertiary/aromatic N) is 2. The molecule has 0 bridgehead atoms. The van der Waals surface area contributed by atoms with Crippen molar-refractivity contribution >= 4 is 12.6 Å². The fourth-order valence-corrected chi connectivity index (χ4v) is 2.01. The third kappa shape index (κ3) is 3.62. The predicted molar refractivity (Wildman–Crippen MR) is 78.1 cm³/mol. The summed E-state index contributed by atoms with van der Waals surface area (Å²) in [6.07, 6.45) is 3.75. The standard InChI is InChI=1S/C14H19BN2O3/c1-11(2)14-16-7-8-17(14)9-10-20-13-5-3-12(4-6-13)15(18)19/h3-8,11,18-19H,9-10H2,1-2H3. The zero-order chi connectivity index (χ0) is 14.5. The number of hydrogen-bond acceptors (Lipinski definition) is 4. The Morgan fingerprint density at radius 2 is 1.95 bits per heavy atom. The molecule has 2 rings (SSSR count). The van der Waals surface area contributed by atoms with E-state index in [0.29, 0.717) is 23.7 Å². The molecule has 1 aromatic heterocycles. The number of benzene rings is 1. The smallest absolute Gasteiger partial charge is 0.488 e. The number of ether oxygens (including phenoxy) is 1. The molecule has 0 atom stereocenters. The van der Waals surface area contributed by atoms with Crippen LogP contribution in [0.5, 0.6) is 5.75 Å². The third-order valence-corrected chi connectivity index (χ3v) is 3.04. The summed E-state index contributed by atoms with van der Waals surface area (Å²) in [5.41, 5.74) is 0.453. The average molecular weight is 274 g/mol. The van der Waals surface area contributed by atoms with Crippen molar-refractivity contribution in [2.75, 3.05) is 6.61 Å². The Balaban J connectivity index is 1.88. The first-order chi connectivity index (χ1) is 9.58. The summed E-state index contributed by atoms with van der Waals surface area (Å²) >= 11 is 0. The third-order valence-electron chi connectivity index (χ3n) is 3.04. The van der Waals surface area contributed by atoms with Crippen LogP contribution in [0.25, 0.3) is 0 Å². The molecule has 1 heterocycles. The first-order valence-corrected chi connectivity index (χ1v) is 6.68. The Labute approximate surface area is 119 Å². The molecule has 2 N–H and O–H groups in total. The van der Waals surface area contributed by atoms with Crippen LogP contribution in [0.1, 0.15) is 25.6 Å². The molecule has 0 unspecified atom stereocenters. The molecule has 0 spiro atoms. The molecule has 0 radical (unpaired) electrons. The van der Waals surface area contributed by atoms with Crippen LogP contribution in [0.4, 0.5) is 0 Å². The van der Waals surface area contributed by atoms with E-state index in [4.69, 9.17) is 14.8 Å². The van der Waals surface area contributed by atoms with Gasteiger partial charge in [-0.3, -0.25) is 0 Å². The van der Waals surface area contributed by atoms with Crippen LogP contribution in [0, 0.1) is 0 Å². The summed E-state index contributed by atoms with van der Waals surface area (Å²) in [6.45, 7) is 5.49. The molecule has 0 aliphatic carbocycles. The maximum atomic E-state index is 9.00. The van der Waals surface area contributed by atoms with E-state index < -0.39 is 7.12 Å². The van der Waals surface area contributed by atoms with E-state index in [9.17, 15) is 0 Å². The van der Waals surface area contributed by atoms with Crippen LogP contribution in [-0.2, 0) is 6.54 Å². The fraction of sp³-hybridized carbons (Fsp3) is 0.357. The maximum absolute atomic E-state index is 9.00. The Bertz CT molecular complexity index is 538. The van der Waals surface area contributed by atoms with E-state index in [0.717, 1.165) is 12.4 Å². The van der Waals surface area contributed by atoms with Gasteiger partial charge < -0.3 is 19.4 Å². The van der Waals surface area contributed by atoms with Gasteiger partial charge in [0.25, 0.3) is 0 Å². The highest BCUT2D eigenvalue weighted by Gasteiger charge is 2.10. The monoisotopic (exact) mass is 274 g/mol. The van der Waals surface area contributed by atoms with E-state index in [2.05, 4.69) is 23.4 Å². The largest absolute Gasteiger partial charge is 0.492 e. The van der Waals surface area contributed by atoms with Crippen molar-refractivity contribution in [1.29, 1.82) is 0 Å². The predicted octanol–water partition coefficient (Wildman–Crippen LogP) is 0.765. The quantitative estimate of drug-likeness (QED) is 0.763. The van der Waals surface area contributed by atoms with Gasteiger partial charge in [0.1, 0.15) is 18.2 Å². The van der Waals surface area contributed by atoms with E-state index in [1.807, 2.05) is 6.20 Å². The fourth-order valence-electron chi connectivity index (χ4n) is 2.01. The highest BCUT2D eigenvalue weighted by molar-refractivity contribution is 6.58. The van der Waals surface area contributed by atoms with E-state index >= 15 is 0 Å². The molecule has 106 valence electrons. The second-order valence-corrected chi connectivity index (χ2v) is 4.92. The van der Waals surface area contributed by atoms with Crippen LogP contribution in [-0.4, -0.2) is 33.3 Å². The zero-order valence-corrected chi connectivity index (χ0v) is 11.7. The van der Waals surface area contributed by atoms with E-state index in [1.165, 1.54) is 0 Å². The van der Waals surface area contributed by atoms with E-state index in [1.54, 1.807) is 30.5 Å². The summed E-state index contributed by atoms with van der Waals surface area (Å²) in [7, 11) is -1.44. The lowest BCUT2D eigenvalue weighted by Gasteiger charge is -2.11. The van der Waals surface area contributed by atoms with Gasteiger partial charge in [-0.05, 0) is 17.6 Å². The van der Waals surface area contributed by atoms with Crippen molar-refractivity contribution in [3.63, 3.8) is 0 Å². The molecular formula is C14H19BN2O3. The van der Waals surface area contributed by atoms with Crippen LogP contribution < -0.4 is 10.2 Å². The van der Waals surface area contributed by atoms with Crippen molar-refractivity contribution in [1.82, 2.24) is 9.55 Å². The highest BCUT2D eigenvalue weighted by atomic mass is 16.5. The lowest BCUT2D eigenvalue weighted by Crippen LogP contribution is -2.29. The molecule has 0 saturated heterocycles. The van der Waals surface area contributed by atoms with Gasteiger partial charge in [-0.15, -0.1) is 0 Å². The van der Waals surface area contributed by atoms with E-state index in [-0.39, 0.29) is 0 Å². The number of aromatic nitrogens is 2. The normalized spacial score (nSPS) is 10.8. The van der Waals surface area contributed by atoms with Crippen molar-refractivity contribution < 1.29 is 14.8 Å². The first kappa shape index (κ1) is 14.6. The number of imidazole rings is 1. The minimum atomic E-state index is -1.44. The molecule has 6 heteroatoms. The molecule has 0 aliphatic rings. The van der Waals surface area contributed by atoms with Crippen LogP contribution in [0.2, 0.25) is 0 Å². The second-order valence-electron chi connectivity index (χ2n) is 4.92. The Hall–Kier alpha value is -1.79. The maximum Gasteiger partial charge on any atom is 0.488 e. The van der Waals surface area contributed by atoms with Crippen molar-refractivity contribution in [2.24, 2.45) is 0 Å². The van der Waals surface area contributed by atoms with Gasteiger partial charge in [0.15, 0.2) is 0 Å². The van der Waals surface area contributed by atoms with Gasteiger partial charge in [0.2, 0.25) is 0 Å². The SMILES string of the molecule is CC(C)c1nccn1CCOc1ccc(B(O)O)cc1. The van der Waals surface area contributed by atoms with Crippen LogP contribution in [0.15, 0.2) is 36.7 Å². The molecule has 0 fully saturated rings. The van der Waals surface area contributed by atoms with Gasteiger partial charge in [-0.25, -0.2) is 4.98 Å². The summed E-state index contributed by atoms with van der Waals surface area (Å²) in [6, 6.07) is 6.73. The number of hydrogen-bond donors (Lipinski definition) is 2. The van der Waals surface area contributed by atoms with Gasteiger partial charge in [-0.2, -0.15) is 0 Å². The van der Waals surface area contributed by atoms with Crippen LogP contribution in [0.3, 0.4) is 0 Å². The molecule has 0 amide bonds.